The number of benzene rings is 2. The molecule has 0 spiro atoms. The van der Waals surface area contributed by atoms with Crippen LogP contribution in [0.3, 0.4) is 0 Å². The summed E-state index contributed by atoms with van der Waals surface area (Å²) in [5.74, 6) is -0.404. The number of hydrogen-bond acceptors (Lipinski definition) is 6. The van der Waals surface area contributed by atoms with E-state index >= 15 is 0 Å². The summed E-state index contributed by atoms with van der Waals surface area (Å²) in [6, 6.07) is 17.2. The van der Waals surface area contributed by atoms with Gasteiger partial charge in [-0.25, -0.2) is 4.79 Å². The molecule has 1 aliphatic rings. The summed E-state index contributed by atoms with van der Waals surface area (Å²) in [6.45, 7) is 5.94. The van der Waals surface area contributed by atoms with Crippen LogP contribution in [0.1, 0.15) is 38.3 Å². The lowest BCUT2D eigenvalue weighted by Crippen LogP contribution is -2.48. The Bertz CT molecular complexity index is 942. The minimum Gasteiger partial charge on any atom is -0.459 e. The predicted octanol–water partition coefficient (Wildman–Crippen LogP) is 3.81. The van der Waals surface area contributed by atoms with E-state index in [9.17, 15) is 14.4 Å². The van der Waals surface area contributed by atoms with Gasteiger partial charge in [-0.3, -0.25) is 9.69 Å². The largest absolute Gasteiger partial charge is 0.459 e. The molecule has 0 aliphatic carbocycles. The number of aldehydes is 1. The van der Waals surface area contributed by atoms with Crippen LogP contribution >= 0.6 is 0 Å². The van der Waals surface area contributed by atoms with Gasteiger partial charge in [-0.1, -0.05) is 60.7 Å². The summed E-state index contributed by atoms with van der Waals surface area (Å²) in [6.07, 6.45) is 0.543. The van der Waals surface area contributed by atoms with E-state index in [4.69, 9.17) is 9.47 Å². The van der Waals surface area contributed by atoms with Gasteiger partial charge in [0.1, 0.15) is 24.5 Å². The van der Waals surface area contributed by atoms with Crippen molar-refractivity contribution in [2.45, 2.75) is 64.1 Å². The number of amides is 1. The first-order valence-corrected chi connectivity index (χ1v) is 11.1. The van der Waals surface area contributed by atoms with Crippen molar-refractivity contribution in [2.24, 2.45) is 0 Å². The molecule has 2 aromatic rings. The molecule has 0 aromatic heterocycles. The lowest BCUT2D eigenvalue weighted by atomic mass is 10.1. The van der Waals surface area contributed by atoms with E-state index in [1.807, 2.05) is 86.3 Å². The average Bonchev–Trinajstić information content (AvgIpc) is 3.15. The van der Waals surface area contributed by atoms with Crippen LogP contribution in [0.15, 0.2) is 60.7 Å². The zero-order valence-electron chi connectivity index (χ0n) is 19.6. The van der Waals surface area contributed by atoms with Gasteiger partial charge in [-0.05, 0) is 38.3 Å². The first-order valence-electron chi connectivity index (χ1n) is 11.1. The second-order valence-electron chi connectivity index (χ2n) is 9.29. The fraction of sp³-hybridized carbons (Fsp3) is 0.423. The Morgan fingerprint density at radius 1 is 1.03 bits per heavy atom. The second kappa shape index (κ2) is 10.6. The van der Waals surface area contributed by atoms with Gasteiger partial charge in [0.2, 0.25) is 0 Å². The van der Waals surface area contributed by atoms with E-state index in [-0.39, 0.29) is 13.0 Å². The Labute approximate surface area is 195 Å². The van der Waals surface area contributed by atoms with Gasteiger partial charge in [-0.2, -0.15) is 0 Å². The summed E-state index contributed by atoms with van der Waals surface area (Å²) in [7, 11) is 1.60. The molecule has 1 saturated heterocycles. The highest BCUT2D eigenvalue weighted by atomic mass is 16.6. The highest BCUT2D eigenvalue weighted by Gasteiger charge is 2.48. The van der Waals surface area contributed by atoms with Crippen molar-refractivity contribution in [1.29, 1.82) is 0 Å². The van der Waals surface area contributed by atoms with Crippen LogP contribution in [0.25, 0.3) is 0 Å². The SMILES string of the molecule is CN(C(=O)OCc1ccccc1)[C@@H]1C[C@H](C(=O)OC(C)(C)C)N(Cc2ccccc2)[C@H]1C=O. The van der Waals surface area contributed by atoms with E-state index in [0.717, 1.165) is 17.4 Å². The van der Waals surface area contributed by atoms with Gasteiger partial charge < -0.3 is 19.2 Å². The third-order valence-corrected chi connectivity index (χ3v) is 5.66. The van der Waals surface area contributed by atoms with E-state index in [0.29, 0.717) is 6.54 Å². The summed E-state index contributed by atoms with van der Waals surface area (Å²) in [5.41, 5.74) is 1.17. The maximum atomic E-state index is 13.1. The van der Waals surface area contributed by atoms with Crippen molar-refractivity contribution < 1.29 is 23.9 Å². The van der Waals surface area contributed by atoms with E-state index in [2.05, 4.69) is 0 Å². The van der Waals surface area contributed by atoms with Gasteiger partial charge in [0.15, 0.2) is 0 Å². The van der Waals surface area contributed by atoms with Crippen LogP contribution in [-0.2, 0) is 32.2 Å². The number of carbonyl (C=O) groups is 3. The molecule has 7 nitrogen and oxygen atoms in total. The number of ether oxygens (including phenoxy) is 2. The van der Waals surface area contributed by atoms with Crippen molar-refractivity contribution >= 4 is 18.3 Å². The first kappa shape index (κ1) is 24.5. The molecule has 176 valence electrons. The molecule has 1 heterocycles. The van der Waals surface area contributed by atoms with Crippen LogP contribution < -0.4 is 0 Å². The van der Waals surface area contributed by atoms with Gasteiger partial charge in [0.25, 0.3) is 0 Å². The number of rotatable bonds is 7. The molecule has 0 radical (unpaired) electrons. The van der Waals surface area contributed by atoms with E-state index in [1.54, 1.807) is 7.05 Å². The molecule has 0 N–H and O–H groups in total. The minimum atomic E-state index is -0.669. The second-order valence-corrected chi connectivity index (χ2v) is 9.29. The molecule has 33 heavy (non-hydrogen) atoms. The molecule has 1 fully saturated rings. The summed E-state index contributed by atoms with van der Waals surface area (Å²) >= 11 is 0. The Hall–Kier alpha value is -3.19. The molecule has 2 aromatic carbocycles. The molecule has 3 atom stereocenters. The average molecular weight is 453 g/mol. The lowest BCUT2D eigenvalue weighted by Gasteiger charge is -2.31. The Balaban J connectivity index is 1.79. The topological polar surface area (TPSA) is 76.2 Å². The van der Waals surface area contributed by atoms with Crippen molar-refractivity contribution in [2.75, 3.05) is 7.05 Å². The first-order chi connectivity index (χ1) is 15.7. The van der Waals surface area contributed by atoms with E-state index in [1.165, 1.54) is 4.90 Å². The quantitative estimate of drug-likeness (QED) is 0.470. The summed E-state index contributed by atoms with van der Waals surface area (Å²) < 4.78 is 11.1. The van der Waals surface area contributed by atoms with Crippen molar-refractivity contribution in [3.63, 3.8) is 0 Å². The molecular weight excluding hydrogens is 420 g/mol. The van der Waals surface area contributed by atoms with Crippen LogP contribution in [0.5, 0.6) is 0 Å². The zero-order chi connectivity index (χ0) is 24.0. The zero-order valence-corrected chi connectivity index (χ0v) is 19.6. The molecule has 0 saturated carbocycles. The van der Waals surface area contributed by atoms with Crippen LogP contribution in [0, 0.1) is 0 Å². The molecule has 0 bridgehead atoms. The number of nitrogens with zero attached hydrogens (tertiary/aromatic N) is 2. The van der Waals surface area contributed by atoms with E-state index < -0.39 is 35.8 Å². The molecule has 3 rings (SSSR count). The Morgan fingerprint density at radius 2 is 1.61 bits per heavy atom. The number of esters is 1. The Kier molecular flexibility index (Phi) is 7.87. The smallest absolute Gasteiger partial charge is 0.410 e. The number of likely N-dealkylation sites (tertiary alicyclic amines) is 1. The third kappa shape index (κ3) is 6.42. The van der Waals surface area contributed by atoms with Gasteiger partial charge in [-0.15, -0.1) is 0 Å². The summed E-state index contributed by atoms with van der Waals surface area (Å²) in [5, 5.41) is 0. The summed E-state index contributed by atoms with van der Waals surface area (Å²) in [4.78, 5) is 41.3. The lowest BCUT2D eigenvalue weighted by molar-refractivity contribution is -0.161. The number of carbonyl (C=O) groups excluding carboxylic acids is 3. The van der Waals surface area contributed by atoms with Gasteiger partial charge in [0.05, 0.1) is 12.1 Å². The highest BCUT2D eigenvalue weighted by Crippen LogP contribution is 2.31. The van der Waals surface area contributed by atoms with Crippen molar-refractivity contribution in [3.05, 3.63) is 71.8 Å². The van der Waals surface area contributed by atoms with Crippen molar-refractivity contribution in [1.82, 2.24) is 9.80 Å². The number of hydrogen-bond donors (Lipinski definition) is 0. The molecule has 1 amide bonds. The minimum absolute atomic E-state index is 0.131. The van der Waals surface area contributed by atoms with Crippen LogP contribution in [0.2, 0.25) is 0 Å². The number of likely N-dealkylation sites (N-methyl/N-ethyl adjacent to an activating group) is 1. The molecular formula is C26H32N2O5. The fourth-order valence-electron chi connectivity index (χ4n) is 4.06. The normalized spacial score (nSPS) is 20.8. The predicted molar refractivity (Wildman–Crippen MR) is 124 cm³/mol. The highest BCUT2D eigenvalue weighted by molar-refractivity contribution is 5.79. The fourth-order valence-corrected chi connectivity index (χ4v) is 4.06. The third-order valence-electron chi connectivity index (χ3n) is 5.66. The molecule has 1 aliphatic heterocycles. The maximum absolute atomic E-state index is 13.1. The monoisotopic (exact) mass is 452 g/mol. The van der Waals surface area contributed by atoms with Crippen molar-refractivity contribution in [3.8, 4) is 0 Å². The van der Waals surface area contributed by atoms with Crippen LogP contribution in [0.4, 0.5) is 4.79 Å². The van der Waals surface area contributed by atoms with Gasteiger partial charge >= 0.3 is 12.1 Å². The Morgan fingerprint density at radius 3 is 2.15 bits per heavy atom. The maximum Gasteiger partial charge on any atom is 0.410 e. The van der Waals surface area contributed by atoms with Gasteiger partial charge in [0, 0.05) is 13.6 Å². The molecule has 0 unspecified atom stereocenters. The van der Waals surface area contributed by atoms with Crippen LogP contribution in [-0.4, -0.2) is 58.9 Å². The molecule has 7 heteroatoms. The standard InChI is InChI=1S/C26H32N2O5/c1-26(2,3)33-24(30)22-15-21(23(17-29)28(22)16-19-11-7-5-8-12-19)27(4)25(31)32-18-20-13-9-6-10-14-20/h5-14,17,21-23H,15-16,18H2,1-4H3/t21-,22-,23+/m1/s1.